The van der Waals surface area contributed by atoms with Crippen LogP contribution in [0.4, 0.5) is 0 Å². The lowest BCUT2D eigenvalue weighted by Crippen LogP contribution is -2.47. The van der Waals surface area contributed by atoms with Gasteiger partial charge in [-0.3, -0.25) is 28.8 Å². The molecule has 59 heavy (non-hydrogen) atoms. The van der Waals surface area contributed by atoms with Crippen LogP contribution in [0.15, 0.2) is 0 Å². The first-order valence-corrected chi connectivity index (χ1v) is 23.0. The molecule has 3 unspecified atom stereocenters. The second-order valence-electron chi connectivity index (χ2n) is 13.3. The van der Waals surface area contributed by atoms with E-state index in [0.29, 0.717) is 13.2 Å². The fourth-order valence-electron chi connectivity index (χ4n) is 5.13. The molecule has 0 fully saturated rings. The third-order valence-corrected chi connectivity index (χ3v) is 9.13. The van der Waals surface area contributed by atoms with E-state index in [1.807, 2.05) is 0 Å². The molecule has 0 heterocycles. The Morgan fingerprint density at radius 2 is 1.07 bits per heavy atom. The Hall–Kier alpha value is -2.77. The van der Waals surface area contributed by atoms with Crippen LogP contribution in [0, 0.1) is 5.92 Å². The first-order chi connectivity index (χ1) is 28.3. The lowest BCUT2D eigenvalue weighted by molar-refractivity contribution is -0.131. The summed E-state index contributed by atoms with van der Waals surface area (Å²) < 4.78 is 21.1. The number of Topliss-reactive ketones (excluding diaryl/α,β-unsaturated/α-hetero) is 1. The van der Waals surface area contributed by atoms with E-state index in [-0.39, 0.29) is 148 Å². The molecule has 0 aromatic carbocycles. The highest BCUT2D eigenvalue weighted by Gasteiger charge is 2.26. The Labute approximate surface area is 352 Å². The number of carbonyl (C=O) groups is 6. The number of amides is 5. The summed E-state index contributed by atoms with van der Waals surface area (Å²) in [5.74, 6) is 11.7. The molecule has 0 radical (unpaired) electrons. The van der Waals surface area contributed by atoms with Crippen LogP contribution in [0.2, 0.25) is 0 Å². The van der Waals surface area contributed by atoms with Crippen molar-refractivity contribution in [2.75, 3.05) is 98.9 Å². The zero-order valence-electron chi connectivity index (χ0n) is 34.4. The van der Waals surface area contributed by atoms with Crippen LogP contribution >= 0.6 is 6.49 Å². The summed E-state index contributed by atoms with van der Waals surface area (Å²) in [5, 5.41) is 13.6. The number of rotatable bonds is 41. The molecule has 0 spiro atoms. The molecule has 344 valence electrons. The van der Waals surface area contributed by atoms with E-state index in [1.165, 1.54) is 6.66 Å². The maximum absolute atomic E-state index is 13.3. The summed E-state index contributed by atoms with van der Waals surface area (Å²) in [6, 6.07) is -1.09. The minimum absolute atomic E-state index is 0.0376. The van der Waals surface area contributed by atoms with Crippen molar-refractivity contribution in [1.29, 1.82) is 0 Å². The highest BCUT2D eigenvalue weighted by Crippen LogP contribution is 2.37. The summed E-state index contributed by atoms with van der Waals surface area (Å²) in [7, 11) is 0. The van der Waals surface area contributed by atoms with Crippen molar-refractivity contribution in [3.63, 3.8) is 0 Å². The van der Waals surface area contributed by atoms with Gasteiger partial charge >= 0.3 is 0 Å². The predicted molar refractivity (Wildman–Crippen MR) is 219 cm³/mol. The summed E-state index contributed by atoms with van der Waals surface area (Å²) in [6.45, 7) is 1.96. The molecule has 24 heteroatoms. The summed E-state index contributed by atoms with van der Waals surface area (Å²) in [6.07, 6.45) is 3.12. The quantitative estimate of drug-likeness (QED) is 0.0191. The molecule has 0 saturated carbocycles. The molecular weight excluding hydrogens is 819 g/mol. The minimum Gasteiger partial charge on any atom is -0.377 e. The lowest BCUT2D eigenvalue weighted by atomic mass is 9.93. The minimum atomic E-state index is -2.65. The van der Waals surface area contributed by atoms with Crippen molar-refractivity contribution in [3.05, 3.63) is 0 Å². The summed E-state index contributed by atoms with van der Waals surface area (Å²) in [4.78, 5) is 100. The van der Waals surface area contributed by atoms with Gasteiger partial charge in [-0.2, -0.15) is 0 Å². The van der Waals surface area contributed by atoms with Crippen LogP contribution in [-0.4, -0.2) is 145 Å². The van der Waals surface area contributed by atoms with E-state index in [1.54, 1.807) is 0 Å². The van der Waals surface area contributed by atoms with Crippen LogP contribution in [0.3, 0.4) is 0 Å². The van der Waals surface area contributed by atoms with E-state index < -0.39 is 36.2 Å². The smallest absolute Gasteiger partial charge is 0.242 e. The standard InChI is InChI=1S/C35H69N8O14PS/c1-58(50,59)57-17-5-3-2-4-13-39-31(45)7-6-8-33(47)43-30(35(49)42-16-20-53-23-26-56-38)11-10-29(44)27-28(34(48)41-15-19-52-22-25-55-37)9-12-32(46)40-14-18-51-21-24-54-36/h28,30H,2-27,36-38H2,1H3,(H,39,45)(H,40,46)(H,41,48)(H,42,49)(H,43,47)(H,50,59). The zero-order chi connectivity index (χ0) is 44.0. The van der Waals surface area contributed by atoms with E-state index in [0.717, 1.165) is 25.7 Å². The van der Waals surface area contributed by atoms with Gasteiger partial charge in [-0.1, -0.05) is 12.8 Å². The topological polar surface area (TPSA) is 325 Å². The molecule has 0 aliphatic rings. The van der Waals surface area contributed by atoms with E-state index in [9.17, 15) is 33.7 Å². The molecule has 0 rings (SSSR count). The Bertz CT molecular complexity index is 1220. The monoisotopic (exact) mass is 888 g/mol. The molecule has 0 aromatic heterocycles. The number of ether oxygens (including phenoxy) is 3. The lowest BCUT2D eigenvalue weighted by Gasteiger charge is -2.20. The maximum Gasteiger partial charge on any atom is 0.242 e. The fraction of sp³-hybridized carbons (Fsp3) is 0.829. The molecule has 22 nitrogen and oxygen atoms in total. The third kappa shape index (κ3) is 36.8. The fourth-order valence-corrected chi connectivity index (χ4v) is 5.82. The van der Waals surface area contributed by atoms with Gasteiger partial charge in [0.2, 0.25) is 29.5 Å². The molecule has 3 atom stereocenters. The number of unbranched alkanes of at least 4 members (excludes halogenated alkanes) is 3. The van der Waals surface area contributed by atoms with E-state index in [4.69, 9.17) is 48.2 Å². The highest BCUT2D eigenvalue weighted by atomic mass is 32.5. The third-order valence-electron chi connectivity index (χ3n) is 8.16. The molecule has 5 amide bonds. The Morgan fingerprint density at radius 1 is 0.559 bits per heavy atom. The molecule has 0 aliphatic heterocycles. The summed E-state index contributed by atoms with van der Waals surface area (Å²) in [5.41, 5.74) is 0. The molecule has 0 bridgehead atoms. The van der Waals surface area contributed by atoms with Crippen molar-refractivity contribution in [2.45, 2.75) is 83.1 Å². The Kier molecular flexibility index (Phi) is 36.4. The Balaban J connectivity index is 5.18. The molecule has 0 saturated heterocycles. The zero-order valence-corrected chi connectivity index (χ0v) is 36.1. The number of hydrogen-bond donors (Lipinski definition) is 9. The van der Waals surface area contributed by atoms with Crippen molar-refractivity contribution in [3.8, 4) is 0 Å². The van der Waals surface area contributed by atoms with Gasteiger partial charge in [0.1, 0.15) is 11.8 Å². The molecule has 0 aromatic rings. The van der Waals surface area contributed by atoms with E-state index in [2.05, 4.69) is 41.1 Å². The number of hydrogen-bond acceptors (Lipinski definition) is 17. The van der Waals surface area contributed by atoms with Gasteiger partial charge in [0.15, 0.2) is 6.49 Å². The highest BCUT2D eigenvalue weighted by molar-refractivity contribution is 8.09. The van der Waals surface area contributed by atoms with Crippen LogP contribution in [0.25, 0.3) is 0 Å². The van der Waals surface area contributed by atoms with Gasteiger partial charge < -0.3 is 64.7 Å². The maximum atomic E-state index is 13.3. The first kappa shape index (κ1) is 56.2. The second kappa shape index (κ2) is 38.2. The van der Waals surface area contributed by atoms with Crippen molar-refractivity contribution in [1.82, 2.24) is 26.6 Å². The van der Waals surface area contributed by atoms with Crippen LogP contribution in [-0.2, 0) is 73.8 Å². The normalized spacial score (nSPS) is 13.2. The molecular formula is C35H69N8O14PS. The first-order valence-electron chi connectivity index (χ1n) is 19.9. The van der Waals surface area contributed by atoms with Crippen LogP contribution < -0.4 is 44.3 Å². The Morgan fingerprint density at radius 3 is 1.64 bits per heavy atom. The van der Waals surface area contributed by atoms with Gasteiger partial charge in [0.25, 0.3) is 0 Å². The largest absolute Gasteiger partial charge is 0.377 e. The number of carbonyl (C=O) groups excluding carboxylic acids is 6. The second-order valence-corrected chi connectivity index (χ2v) is 17.2. The van der Waals surface area contributed by atoms with Crippen molar-refractivity contribution < 1.29 is 66.9 Å². The van der Waals surface area contributed by atoms with Gasteiger partial charge in [-0.15, -0.1) is 0 Å². The van der Waals surface area contributed by atoms with Gasteiger partial charge in [-0.05, 0) is 43.9 Å². The number of ketones is 1. The van der Waals surface area contributed by atoms with Crippen LogP contribution in [0.1, 0.15) is 77.0 Å². The summed E-state index contributed by atoms with van der Waals surface area (Å²) >= 11 is 4.83. The van der Waals surface area contributed by atoms with Gasteiger partial charge in [-0.25, -0.2) is 17.7 Å². The van der Waals surface area contributed by atoms with Crippen molar-refractivity contribution in [2.24, 2.45) is 23.6 Å². The number of nitrogens with two attached hydrogens (primary N) is 3. The van der Waals surface area contributed by atoms with E-state index >= 15 is 0 Å². The average molecular weight is 889 g/mol. The molecule has 12 N–H and O–H groups in total. The average Bonchev–Trinajstić information content (AvgIpc) is 3.19. The van der Waals surface area contributed by atoms with Crippen LogP contribution in [0.5, 0.6) is 0 Å². The SMILES string of the molecule is CP(O)(=S)OCCCCCCNC(=O)CCCC(=O)NC(CCC(=O)CC(CCC(=O)NCCOCCON)C(=O)NCCOCCON)C(=O)NCCOCCON. The van der Waals surface area contributed by atoms with Gasteiger partial charge in [0.05, 0.1) is 66.1 Å². The predicted octanol–water partition coefficient (Wildman–Crippen LogP) is -1.53. The van der Waals surface area contributed by atoms with Gasteiger partial charge in [0, 0.05) is 70.9 Å². The molecule has 0 aliphatic carbocycles. The number of nitrogens with one attached hydrogen (secondary N) is 5. The van der Waals surface area contributed by atoms with Crippen molar-refractivity contribution >= 4 is 53.6 Å².